The molecule has 0 radical (unpaired) electrons. The first kappa shape index (κ1) is 16.3. The zero-order valence-corrected chi connectivity index (χ0v) is 12.2. The Bertz CT molecular complexity index is 408. The number of likely N-dealkylation sites (tertiary alicyclic amines) is 1. The van der Waals surface area contributed by atoms with Gasteiger partial charge in [0.1, 0.15) is 0 Å². The van der Waals surface area contributed by atoms with E-state index in [1.54, 1.807) is 18.7 Å². The number of carboxylic acids is 1. The Labute approximate surface area is 118 Å². The van der Waals surface area contributed by atoms with Crippen LogP contribution in [-0.4, -0.2) is 47.5 Å². The molecule has 1 rings (SSSR count). The molecule has 1 saturated heterocycles. The van der Waals surface area contributed by atoms with Crippen molar-refractivity contribution in [1.29, 1.82) is 0 Å². The SMILES string of the molecule is C[C@@H]1CN(C(=O)NCCC(C)(C)C(=O)O)C[C@H]1C(N)=O. The van der Waals surface area contributed by atoms with Crippen LogP contribution in [0.3, 0.4) is 0 Å². The van der Waals surface area contributed by atoms with Crippen molar-refractivity contribution in [3.63, 3.8) is 0 Å². The molecule has 0 spiro atoms. The fourth-order valence-electron chi connectivity index (χ4n) is 2.20. The van der Waals surface area contributed by atoms with E-state index in [0.717, 1.165) is 0 Å². The second-order valence-electron chi connectivity index (χ2n) is 6.06. The molecular formula is C13H23N3O4. The van der Waals surface area contributed by atoms with Crippen molar-refractivity contribution < 1.29 is 19.5 Å². The maximum atomic E-state index is 11.9. The molecule has 0 aromatic carbocycles. The van der Waals surface area contributed by atoms with Gasteiger partial charge in [0, 0.05) is 19.6 Å². The summed E-state index contributed by atoms with van der Waals surface area (Å²) in [4.78, 5) is 35.6. The third-order valence-corrected chi connectivity index (χ3v) is 3.87. The Hall–Kier alpha value is -1.79. The molecule has 0 aromatic heterocycles. The van der Waals surface area contributed by atoms with Crippen molar-refractivity contribution in [2.24, 2.45) is 23.0 Å². The summed E-state index contributed by atoms with van der Waals surface area (Å²) in [7, 11) is 0. The van der Waals surface area contributed by atoms with E-state index in [-0.39, 0.29) is 30.3 Å². The van der Waals surface area contributed by atoms with Gasteiger partial charge in [0.15, 0.2) is 0 Å². The van der Waals surface area contributed by atoms with E-state index >= 15 is 0 Å². The van der Waals surface area contributed by atoms with E-state index in [2.05, 4.69) is 5.32 Å². The lowest BCUT2D eigenvalue weighted by molar-refractivity contribution is -0.147. The average molecular weight is 285 g/mol. The predicted octanol–water partition coefficient (Wildman–Crippen LogP) is 0.250. The van der Waals surface area contributed by atoms with Gasteiger partial charge in [-0.2, -0.15) is 0 Å². The molecule has 2 atom stereocenters. The molecule has 7 heteroatoms. The number of amides is 3. The first-order chi connectivity index (χ1) is 9.15. The maximum Gasteiger partial charge on any atom is 0.317 e. The van der Waals surface area contributed by atoms with Gasteiger partial charge in [-0.3, -0.25) is 9.59 Å². The van der Waals surface area contributed by atoms with Gasteiger partial charge in [-0.25, -0.2) is 4.79 Å². The molecule has 1 aliphatic heterocycles. The van der Waals surface area contributed by atoms with Gasteiger partial charge in [-0.05, 0) is 26.2 Å². The Morgan fingerprint density at radius 3 is 2.40 bits per heavy atom. The van der Waals surface area contributed by atoms with Crippen molar-refractivity contribution >= 4 is 17.9 Å². The van der Waals surface area contributed by atoms with Gasteiger partial charge in [-0.15, -0.1) is 0 Å². The standard InChI is InChI=1S/C13H23N3O4/c1-8-6-16(7-9(8)10(14)17)12(20)15-5-4-13(2,3)11(18)19/h8-9H,4-7H2,1-3H3,(H2,14,17)(H,15,20)(H,18,19)/t8-,9-/m1/s1. The van der Waals surface area contributed by atoms with E-state index in [4.69, 9.17) is 10.8 Å². The van der Waals surface area contributed by atoms with Crippen molar-refractivity contribution in [3.8, 4) is 0 Å². The molecule has 0 unspecified atom stereocenters. The largest absolute Gasteiger partial charge is 0.481 e. The number of nitrogens with two attached hydrogens (primary N) is 1. The second kappa shape index (κ2) is 6.11. The van der Waals surface area contributed by atoms with Crippen LogP contribution in [0, 0.1) is 17.3 Å². The summed E-state index contributed by atoms with van der Waals surface area (Å²) in [6.45, 7) is 6.21. The number of primary amides is 1. The van der Waals surface area contributed by atoms with Crippen molar-refractivity contribution in [1.82, 2.24) is 10.2 Å². The molecule has 114 valence electrons. The van der Waals surface area contributed by atoms with E-state index in [9.17, 15) is 14.4 Å². The number of hydrogen-bond acceptors (Lipinski definition) is 3. The summed E-state index contributed by atoms with van der Waals surface area (Å²) in [6, 6.07) is -0.276. The third-order valence-electron chi connectivity index (χ3n) is 3.87. The summed E-state index contributed by atoms with van der Waals surface area (Å²) < 4.78 is 0. The van der Waals surface area contributed by atoms with Crippen LogP contribution in [0.1, 0.15) is 27.2 Å². The van der Waals surface area contributed by atoms with Gasteiger partial charge in [0.2, 0.25) is 5.91 Å². The molecule has 7 nitrogen and oxygen atoms in total. The van der Waals surface area contributed by atoms with Gasteiger partial charge < -0.3 is 21.1 Å². The van der Waals surface area contributed by atoms with Crippen LogP contribution < -0.4 is 11.1 Å². The third kappa shape index (κ3) is 3.85. The zero-order chi connectivity index (χ0) is 15.5. The van der Waals surface area contributed by atoms with Crippen LogP contribution in [0.4, 0.5) is 4.79 Å². The number of aliphatic carboxylic acids is 1. The molecule has 1 heterocycles. The molecule has 20 heavy (non-hydrogen) atoms. The minimum atomic E-state index is -0.893. The van der Waals surface area contributed by atoms with E-state index in [0.29, 0.717) is 19.5 Å². The van der Waals surface area contributed by atoms with E-state index < -0.39 is 11.4 Å². The van der Waals surface area contributed by atoms with Crippen molar-refractivity contribution in [3.05, 3.63) is 0 Å². The first-order valence-corrected chi connectivity index (χ1v) is 6.70. The maximum absolute atomic E-state index is 11.9. The predicted molar refractivity (Wildman–Crippen MR) is 72.9 cm³/mol. The van der Waals surface area contributed by atoms with E-state index in [1.807, 2.05) is 6.92 Å². The molecule has 0 aromatic rings. The van der Waals surface area contributed by atoms with Gasteiger partial charge in [0.25, 0.3) is 0 Å². The number of urea groups is 1. The van der Waals surface area contributed by atoms with Gasteiger partial charge >= 0.3 is 12.0 Å². The minimum Gasteiger partial charge on any atom is -0.481 e. The summed E-state index contributed by atoms with van der Waals surface area (Å²) in [6.07, 6.45) is 0.344. The fraction of sp³-hybridized carbons (Fsp3) is 0.769. The van der Waals surface area contributed by atoms with Crippen molar-refractivity contribution in [2.45, 2.75) is 27.2 Å². The number of carbonyl (C=O) groups excluding carboxylic acids is 2. The van der Waals surface area contributed by atoms with E-state index in [1.165, 1.54) is 0 Å². The number of carboxylic acid groups (broad SMARTS) is 1. The molecule has 1 fully saturated rings. The highest BCUT2D eigenvalue weighted by atomic mass is 16.4. The highest BCUT2D eigenvalue weighted by molar-refractivity contribution is 5.80. The average Bonchev–Trinajstić information content (AvgIpc) is 2.71. The molecule has 0 bridgehead atoms. The Kier molecular flexibility index (Phi) is 4.97. The topological polar surface area (TPSA) is 113 Å². The fourth-order valence-corrected chi connectivity index (χ4v) is 2.20. The van der Waals surface area contributed by atoms with Crippen LogP contribution in [0.2, 0.25) is 0 Å². The Morgan fingerprint density at radius 2 is 1.95 bits per heavy atom. The molecule has 4 N–H and O–H groups in total. The zero-order valence-electron chi connectivity index (χ0n) is 12.2. The number of nitrogens with zero attached hydrogens (tertiary/aromatic N) is 1. The molecule has 3 amide bonds. The quantitative estimate of drug-likeness (QED) is 0.672. The molecule has 0 saturated carbocycles. The minimum absolute atomic E-state index is 0.0497. The summed E-state index contributed by atoms with van der Waals surface area (Å²) in [5, 5.41) is 11.7. The highest BCUT2D eigenvalue weighted by Gasteiger charge is 2.36. The number of rotatable bonds is 5. The van der Waals surface area contributed by atoms with Gasteiger partial charge in [0.05, 0.1) is 11.3 Å². The van der Waals surface area contributed by atoms with Crippen LogP contribution in [0.25, 0.3) is 0 Å². The number of carbonyl (C=O) groups is 3. The summed E-state index contributed by atoms with van der Waals surface area (Å²) >= 11 is 0. The summed E-state index contributed by atoms with van der Waals surface area (Å²) in [5.41, 5.74) is 4.40. The summed E-state index contributed by atoms with van der Waals surface area (Å²) in [5.74, 6) is -1.54. The van der Waals surface area contributed by atoms with Crippen molar-refractivity contribution in [2.75, 3.05) is 19.6 Å². The lowest BCUT2D eigenvalue weighted by atomic mass is 9.90. The van der Waals surface area contributed by atoms with Crippen LogP contribution >= 0.6 is 0 Å². The second-order valence-corrected chi connectivity index (χ2v) is 6.06. The monoisotopic (exact) mass is 285 g/mol. The Morgan fingerprint density at radius 1 is 1.35 bits per heavy atom. The van der Waals surface area contributed by atoms with Gasteiger partial charge in [-0.1, -0.05) is 6.92 Å². The first-order valence-electron chi connectivity index (χ1n) is 6.70. The number of nitrogens with one attached hydrogen (secondary N) is 1. The van der Waals surface area contributed by atoms with Crippen LogP contribution in [0.15, 0.2) is 0 Å². The molecule has 1 aliphatic rings. The lowest BCUT2D eigenvalue weighted by Crippen LogP contribution is -2.41. The normalized spacial score (nSPS) is 22.6. The lowest BCUT2D eigenvalue weighted by Gasteiger charge is -2.21. The number of hydrogen-bond donors (Lipinski definition) is 3. The van der Waals surface area contributed by atoms with Crippen LogP contribution in [-0.2, 0) is 9.59 Å². The van der Waals surface area contributed by atoms with Crippen LogP contribution in [0.5, 0.6) is 0 Å². The molecule has 0 aliphatic carbocycles. The highest BCUT2D eigenvalue weighted by Crippen LogP contribution is 2.23. The smallest absolute Gasteiger partial charge is 0.317 e. The Balaban J connectivity index is 2.42. The molecular weight excluding hydrogens is 262 g/mol.